The summed E-state index contributed by atoms with van der Waals surface area (Å²) in [4.78, 5) is 12.4. The number of amides is 1. The van der Waals surface area contributed by atoms with E-state index in [1.165, 1.54) is 23.1 Å². The number of carbonyl (C=O) groups excluding carboxylic acids is 1. The van der Waals surface area contributed by atoms with Gasteiger partial charge in [0.05, 0.1) is 12.4 Å². The van der Waals surface area contributed by atoms with Gasteiger partial charge >= 0.3 is 0 Å². The van der Waals surface area contributed by atoms with E-state index in [9.17, 15) is 4.79 Å². The van der Waals surface area contributed by atoms with E-state index in [0.717, 1.165) is 27.0 Å². The number of thioether (sulfide) groups is 1. The van der Waals surface area contributed by atoms with Crippen LogP contribution in [-0.4, -0.2) is 28.5 Å². The minimum atomic E-state index is -0.284. The van der Waals surface area contributed by atoms with E-state index >= 15 is 0 Å². The number of nitrogens with one attached hydrogen (secondary N) is 2. The SMILES string of the molecule is COc1ccc(Nc2nnc(SC(C)C(=O)Nc3ccc(C)cc3)s2)cc1. The Morgan fingerprint density at radius 2 is 1.74 bits per heavy atom. The predicted octanol–water partition coefficient (Wildman–Crippen LogP) is 4.72. The predicted molar refractivity (Wildman–Crippen MR) is 111 cm³/mol. The first-order valence-electron chi connectivity index (χ1n) is 8.32. The molecule has 0 spiro atoms. The van der Waals surface area contributed by atoms with Crippen LogP contribution in [0.5, 0.6) is 5.75 Å². The molecule has 1 heterocycles. The van der Waals surface area contributed by atoms with E-state index in [4.69, 9.17) is 4.74 Å². The lowest BCUT2D eigenvalue weighted by Crippen LogP contribution is -2.22. The Hall–Kier alpha value is -2.58. The molecule has 0 saturated carbocycles. The summed E-state index contributed by atoms with van der Waals surface area (Å²) < 4.78 is 5.88. The van der Waals surface area contributed by atoms with Crippen molar-refractivity contribution in [2.24, 2.45) is 0 Å². The van der Waals surface area contributed by atoms with Crippen molar-refractivity contribution in [2.75, 3.05) is 17.7 Å². The van der Waals surface area contributed by atoms with Crippen LogP contribution in [0.2, 0.25) is 0 Å². The maximum Gasteiger partial charge on any atom is 0.237 e. The van der Waals surface area contributed by atoms with E-state index in [2.05, 4.69) is 20.8 Å². The zero-order chi connectivity index (χ0) is 19.2. The second kappa shape index (κ2) is 8.88. The molecule has 0 fully saturated rings. The van der Waals surface area contributed by atoms with Gasteiger partial charge in [0.25, 0.3) is 0 Å². The molecule has 2 N–H and O–H groups in total. The monoisotopic (exact) mass is 400 g/mol. The van der Waals surface area contributed by atoms with Gasteiger partial charge in [0, 0.05) is 11.4 Å². The Kier molecular flexibility index (Phi) is 6.31. The van der Waals surface area contributed by atoms with Gasteiger partial charge in [-0.15, -0.1) is 10.2 Å². The molecule has 6 nitrogen and oxygen atoms in total. The maximum absolute atomic E-state index is 12.4. The van der Waals surface area contributed by atoms with Crippen molar-refractivity contribution in [1.29, 1.82) is 0 Å². The second-order valence-electron chi connectivity index (χ2n) is 5.84. The first-order chi connectivity index (χ1) is 13.0. The smallest absolute Gasteiger partial charge is 0.237 e. The van der Waals surface area contributed by atoms with Gasteiger partial charge in [0.15, 0.2) is 4.34 Å². The second-order valence-corrected chi connectivity index (χ2v) is 8.41. The molecule has 0 radical (unpaired) electrons. The summed E-state index contributed by atoms with van der Waals surface area (Å²) in [5.74, 6) is 0.728. The fourth-order valence-corrected chi connectivity index (χ4v) is 4.11. The van der Waals surface area contributed by atoms with E-state index in [1.54, 1.807) is 7.11 Å². The molecule has 3 rings (SSSR count). The minimum absolute atomic E-state index is 0.0660. The molecule has 3 aromatic rings. The van der Waals surface area contributed by atoms with Crippen molar-refractivity contribution in [1.82, 2.24) is 10.2 Å². The Bertz CT molecular complexity index is 895. The highest BCUT2D eigenvalue weighted by Gasteiger charge is 2.17. The van der Waals surface area contributed by atoms with Crippen LogP contribution in [0.15, 0.2) is 52.9 Å². The van der Waals surface area contributed by atoms with Gasteiger partial charge in [-0.1, -0.05) is 40.8 Å². The Morgan fingerprint density at radius 3 is 2.41 bits per heavy atom. The van der Waals surface area contributed by atoms with Crippen molar-refractivity contribution in [3.05, 3.63) is 54.1 Å². The molecule has 1 atom stereocenters. The standard InChI is InChI=1S/C19H20N4O2S2/c1-12-4-6-14(7-5-12)20-17(24)13(2)26-19-23-22-18(27-19)21-15-8-10-16(25-3)11-9-15/h4-11,13H,1-3H3,(H,20,24)(H,21,22). The first kappa shape index (κ1) is 19.2. The van der Waals surface area contributed by atoms with Crippen LogP contribution in [0.25, 0.3) is 0 Å². The van der Waals surface area contributed by atoms with Crippen LogP contribution >= 0.6 is 23.1 Å². The summed E-state index contributed by atoms with van der Waals surface area (Å²) in [5, 5.41) is 14.8. The summed E-state index contributed by atoms with van der Waals surface area (Å²) in [6, 6.07) is 15.3. The van der Waals surface area contributed by atoms with Gasteiger partial charge in [-0.2, -0.15) is 0 Å². The first-order valence-corrected chi connectivity index (χ1v) is 10.0. The number of nitrogens with zero attached hydrogens (tertiary/aromatic N) is 2. The maximum atomic E-state index is 12.4. The van der Waals surface area contributed by atoms with Gasteiger partial charge in [0.2, 0.25) is 11.0 Å². The number of hydrogen-bond donors (Lipinski definition) is 2. The number of aryl methyl sites for hydroxylation is 1. The number of ether oxygens (including phenoxy) is 1. The van der Waals surface area contributed by atoms with Crippen LogP contribution in [0.3, 0.4) is 0 Å². The molecule has 140 valence electrons. The molecule has 1 aromatic heterocycles. The molecule has 1 amide bonds. The van der Waals surface area contributed by atoms with Gasteiger partial charge < -0.3 is 15.4 Å². The van der Waals surface area contributed by atoms with Gasteiger partial charge in [-0.3, -0.25) is 4.79 Å². The number of hydrogen-bond acceptors (Lipinski definition) is 7. The molecule has 8 heteroatoms. The van der Waals surface area contributed by atoms with Crippen molar-refractivity contribution < 1.29 is 9.53 Å². The van der Waals surface area contributed by atoms with E-state index < -0.39 is 0 Å². The molecule has 0 saturated heterocycles. The summed E-state index contributed by atoms with van der Waals surface area (Å²) in [5.41, 5.74) is 2.84. The molecular formula is C19H20N4O2S2. The highest BCUT2D eigenvalue weighted by atomic mass is 32.2. The van der Waals surface area contributed by atoms with Crippen molar-refractivity contribution in [3.8, 4) is 5.75 Å². The molecule has 27 heavy (non-hydrogen) atoms. The van der Waals surface area contributed by atoms with Crippen LogP contribution < -0.4 is 15.4 Å². The lowest BCUT2D eigenvalue weighted by Gasteiger charge is -2.10. The fourth-order valence-electron chi connectivity index (χ4n) is 2.19. The van der Waals surface area contributed by atoms with E-state index in [0.29, 0.717) is 5.13 Å². The molecule has 1 unspecified atom stereocenters. The Morgan fingerprint density at radius 1 is 1.07 bits per heavy atom. The third kappa shape index (κ3) is 5.45. The van der Waals surface area contributed by atoms with Gasteiger partial charge in [0.1, 0.15) is 5.75 Å². The normalized spacial score (nSPS) is 11.7. The number of benzene rings is 2. The van der Waals surface area contributed by atoms with Crippen LogP contribution in [0, 0.1) is 6.92 Å². The zero-order valence-electron chi connectivity index (χ0n) is 15.2. The molecule has 2 aromatic carbocycles. The lowest BCUT2D eigenvalue weighted by atomic mass is 10.2. The largest absolute Gasteiger partial charge is 0.497 e. The average Bonchev–Trinajstić information content (AvgIpc) is 3.11. The third-order valence-electron chi connectivity index (χ3n) is 3.71. The highest BCUT2D eigenvalue weighted by molar-refractivity contribution is 8.02. The number of methoxy groups -OCH3 is 1. The quantitative estimate of drug-likeness (QED) is 0.559. The highest BCUT2D eigenvalue weighted by Crippen LogP contribution is 2.31. The van der Waals surface area contributed by atoms with E-state index in [-0.39, 0.29) is 11.2 Å². The number of anilines is 3. The summed E-state index contributed by atoms with van der Waals surface area (Å²) >= 11 is 2.79. The number of aromatic nitrogens is 2. The van der Waals surface area contributed by atoms with Gasteiger partial charge in [-0.25, -0.2) is 0 Å². The zero-order valence-corrected chi connectivity index (χ0v) is 16.9. The van der Waals surface area contributed by atoms with Crippen molar-refractivity contribution in [3.63, 3.8) is 0 Å². The Labute approximate surface area is 166 Å². The summed E-state index contributed by atoms with van der Waals surface area (Å²) in [6.45, 7) is 3.86. The third-order valence-corrected chi connectivity index (χ3v) is 5.74. The minimum Gasteiger partial charge on any atom is -0.497 e. The van der Waals surface area contributed by atoms with Crippen molar-refractivity contribution >= 4 is 45.5 Å². The van der Waals surface area contributed by atoms with Crippen LogP contribution in [0.4, 0.5) is 16.5 Å². The molecular weight excluding hydrogens is 380 g/mol. The van der Waals surface area contributed by atoms with E-state index in [1.807, 2.05) is 62.4 Å². The number of carbonyl (C=O) groups is 1. The van der Waals surface area contributed by atoms with Crippen molar-refractivity contribution in [2.45, 2.75) is 23.4 Å². The number of rotatable bonds is 7. The van der Waals surface area contributed by atoms with Crippen LogP contribution in [0.1, 0.15) is 12.5 Å². The summed E-state index contributed by atoms with van der Waals surface area (Å²) in [7, 11) is 1.63. The fraction of sp³-hybridized carbons (Fsp3) is 0.211. The lowest BCUT2D eigenvalue weighted by molar-refractivity contribution is -0.115. The summed E-state index contributed by atoms with van der Waals surface area (Å²) in [6.07, 6.45) is 0. The van der Waals surface area contributed by atoms with Crippen LogP contribution in [-0.2, 0) is 4.79 Å². The molecule has 0 bridgehead atoms. The Balaban J connectivity index is 1.55. The molecule has 0 aliphatic carbocycles. The topological polar surface area (TPSA) is 76.1 Å². The van der Waals surface area contributed by atoms with Gasteiger partial charge in [-0.05, 0) is 50.2 Å². The molecule has 0 aliphatic heterocycles. The average molecular weight is 401 g/mol. The molecule has 0 aliphatic rings.